The number of rotatable bonds is 7. The van der Waals surface area contributed by atoms with Crippen molar-refractivity contribution in [3.63, 3.8) is 0 Å². The highest BCUT2D eigenvalue weighted by atomic mass is 16.8. The van der Waals surface area contributed by atoms with E-state index in [-0.39, 0.29) is 5.57 Å². The molecule has 0 saturated carbocycles. The minimum Gasteiger partial charge on any atom is -0.394 e. The van der Waals surface area contributed by atoms with Crippen LogP contribution in [0.1, 0.15) is 6.92 Å². The Bertz CT molecular complexity index is 596. The second-order valence-corrected chi connectivity index (χ2v) is 6.89. The Kier molecular flexibility index (Phi) is 6.95. The number of hydrogen-bond acceptors (Lipinski definition) is 12. The molecule has 12 nitrogen and oxygen atoms in total. The molecule has 12 heteroatoms. The Morgan fingerprint density at radius 2 is 1.46 bits per heavy atom. The molecule has 2 aliphatic heterocycles. The number of ether oxygens (including phenoxy) is 3. The fraction of sp³-hybridized carbons (Fsp3) is 0.812. The zero-order valence-corrected chi connectivity index (χ0v) is 15.1. The number of carbonyl (C=O) groups excluding carboxylic acids is 1. The molecule has 0 bridgehead atoms. The van der Waals surface area contributed by atoms with E-state index in [0.717, 1.165) is 0 Å². The normalized spacial score (nSPS) is 46.5. The van der Waals surface area contributed by atoms with Gasteiger partial charge in [-0.3, -0.25) is 4.79 Å². The predicted molar refractivity (Wildman–Crippen MR) is 87.4 cm³/mol. The van der Waals surface area contributed by atoms with Crippen molar-refractivity contribution < 1.29 is 59.9 Å². The van der Waals surface area contributed by atoms with Crippen LogP contribution < -0.4 is 0 Å². The van der Waals surface area contributed by atoms with Crippen molar-refractivity contribution in [2.24, 2.45) is 0 Å². The maximum absolute atomic E-state index is 12.8. The maximum Gasteiger partial charge on any atom is 0.266 e. The van der Waals surface area contributed by atoms with E-state index in [2.05, 4.69) is 6.58 Å². The Hall–Kier alpha value is -1.03. The molecule has 0 aromatic carbocycles. The summed E-state index contributed by atoms with van der Waals surface area (Å²) in [6.07, 6.45) is -12.9. The molecular formula is C16H26O12. The van der Waals surface area contributed by atoms with Gasteiger partial charge in [0.1, 0.15) is 49.3 Å². The number of aliphatic hydroxyl groups excluding tert-OH is 8. The molecule has 2 saturated heterocycles. The van der Waals surface area contributed by atoms with Gasteiger partial charge in [0.05, 0.1) is 13.2 Å². The van der Waals surface area contributed by atoms with Crippen molar-refractivity contribution in [1.29, 1.82) is 0 Å². The lowest BCUT2D eigenvalue weighted by molar-refractivity contribution is -0.415. The molecule has 2 fully saturated rings. The average Bonchev–Trinajstić information content (AvgIpc) is 2.92. The highest BCUT2D eigenvalue weighted by Crippen LogP contribution is 2.42. The summed E-state index contributed by atoms with van der Waals surface area (Å²) in [5, 5.41) is 79.3. The summed E-state index contributed by atoms with van der Waals surface area (Å²) in [5.74, 6) is -6.57. The van der Waals surface area contributed by atoms with Gasteiger partial charge >= 0.3 is 0 Å². The van der Waals surface area contributed by atoms with Gasteiger partial charge < -0.3 is 55.1 Å². The number of ketones is 1. The molecule has 0 radical (unpaired) electrons. The quantitative estimate of drug-likeness (QED) is 0.186. The van der Waals surface area contributed by atoms with Crippen molar-refractivity contribution in [2.45, 2.75) is 61.2 Å². The number of aliphatic hydroxyl groups is 8. The van der Waals surface area contributed by atoms with Gasteiger partial charge in [-0.05, 0) is 12.5 Å². The van der Waals surface area contributed by atoms with E-state index in [9.17, 15) is 45.6 Å². The van der Waals surface area contributed by atoms with Crippen LogP contribution in [0.4, 0.5) is 0 Å². The van der Waals surface area contributed by atoms with Gasteiger partial charge in [-0.25, -0.2) is 0 Å². The van der Waals surface area contributed by atoms with Crippen LogP contribution in [0.2, 0.25) is 0 Å². The third-order valence-electron chi connectivity index (χ3n) is 4.88. The van der Waals surface area contributed by atoms with E-state index in [1.165, 1.54) is 6.92 Å². The van der Waals surface area contributed by atoms with Gasteiger partial charge in [-0.2, -0.15) is 0 Å². The molecular weight excluding hydrogens is 384 g/mol. The largest absolute Gasteiger partial charge is 0.394 e. The molecule has 0 aromatic heterocycles. The summed E-state index contributed by atoms with van der Waals surface area (Å²) in [6, 6.07) is 0. The van der Waals surface area contributed by atoms with Gasteiger partial charge in [0.25, 0.3) is 5.79 Å². The van der Waals surface area contributed by atoms with Crippen LogP contribution in [-0.4, -0.2) is 121 Å². The van der Waals surface area contributed by atoms with Crippen molar-refractivity contribution in [2.75, 3.05) is 19.8 Å². The van der Waals surface area contributed by atoms with Crippen LogP contribution in [0, 0.1) is 0 Å². The first-order chi connectivity index (χ1) is 13.0. The van der Waals surface area contributed by atoms with Crippen LogP contribution in [0.5, 0.6) is 0 Å². The maximum atomic E-state index is 12.8. The molecule has 162 valence electrons. The lowest BCUT2D eigenvalue weighted by Crippen LogP contribution is -2.72. The molecule has 0 spiro atoms. The molecule has 8 N–H and O–H groups in total. The monoisotopic (exact) mass is 410 g/mol. The smallest absolute Gasteiger partial charge is 0.266 e. The summed E-state index contributed by atoms with van der Waals surface area (Å²) in [7, 11) is 0. The fourth-order valence-electron chi connectivity index (χ4n) is 3.27. The second-order valence-electron chi connectivity index (χ2n) is 6.89. The van der Waals surface area contributed by atoms with Gasteiger partial charge in [0.2, 0.25) is 11.6 Å². The van der Waals surface area contributed by atoms with Gasteiger partial charge in [0, 0.05) is 0 Å². The van der Waals surface area contributed by atoms with Crippen molar-refractivity contribution in [3.05, 3.63) is 12.2 Å². The number of hydrogen-bond donors (Lipinski definition) is 8. The summed E-state index contributed by atoms with van der Waals surface area (Å²) in [5.41, 5.74) is -0.237. The third-order valence-corrected chi connectivity index (χ3v) is 4.88. The van der Waals surface area contributed by atoms with Gasteiger partial charge in [-0.1, -0.05) is 6.58 Å². The van der Waals surface area contributed by atoms with E-state index in [0.29, 0.717) is 0 Å². The summed E-state index contributed by atoms with van der Waals surface area (Å²) in [6.45, 7) is 1.79. The number of carbonyl (C=O) groups is 1. The van der Waals surface area contributed by atoms with Crippen LogP contribution in [-0.2, 0) is 19.0 Å². The highest BCUT2D eigenvalue weighted by molar-refractivity contribution is 6.00. The fourth-order valence-corrected chi connectivity index (χ4v) is 3.27. The van der Waals surface area contributed by atoms with E-state index < -0.39 is 79.9 Å². The van der Waals surface area contributed by atoms with E-state index in [1.54, 1.807) is 0 Å². The van der Waals surface area contributed by atoms with E-state index in [1.807, 2.05) is 0 Å². The Balaban J connectivity index is 2.55. The van der Waals surface area contributed by atoms with Crippen LogP contribution in [0.25, 0.3) is 0 Å². The zero-order chi connectivity index (χ0) is 21.4. The van der Waals surface area contributed by atoms with Crippen molar-refractivity contribution in [1.82, 2.24) is 0 Å². The predicted octanol–water partition coefficient (Wildman–Crippen LogP) is -4.88. The van der Waals surface area contributed by atoms with Crippen molar-refractivity contribution >= 4 is 5.78 Å². The summed E-state index contributed by atoms with van der Waals surface area (Å²) in [4.78, 5) is 12.8. The molecule has 2 heterocycles. The van der Waals surface area contributed by atoms with Gasteiger partial charge in [-0.15, -0.1) is 0 Å². The molecule has 0 aromatic rings. The first-order valence-corrected chi connectivity index (χ1v) is 8.50. The first-order valence-electron chi connectivity index (χ1n) is 8.50. The first kappa shape index (κ1) is 23.3. The average molecular weight is 410 g/mol. The highest BCUT2D eigenvalue weighted by Gasteiger charge is 2.66. The lowest BCUT2D eigenvalue weighted by atomic mass is 9.87. The number of Topliss-reactive ketones (excluding diaryl/α,β-unsaturated/α-hetero) is 1. The minimum atomic E-state index is -2.87. The molecule has 9 atom stereocenters. The Morgan fingerprint density at radius 3 is 1.89 bits per heavy atom. The molecule has 2 aliphatic rings. The van der Waals surface area contributed by atoms with E-state index in [4.69, 9.17) is 14.2 Å². The standard InChI is InChI=1S/C16H26O12/c1-6(2)12(23)16(14(25)11(22)9(20)7(3-17)27-16)28-15(5-19)13(24)10(21)8(4-18)26-15/h7-11,13-14,17-22,24-25H,1,3-5H2,2H3/t7-,8-,9-,10-,11+,13+,14-,15?,16+/m1/s1. The van der Waals surface area contributed by atoms with Crippen LogP contribution >= 0.6 is 0 Å². The summed E-state index contributed by atoms with van der Waals surface area (Å²) >= 11 is 0. The summed E-state index contributed by atoms with van der Waals surface area (Å²) < 4.78 is 15.9. The molecule has 1 unspecified atom stereocenters. The molecule has 2 rings (SSSR count). The Morgan fingerprint density at radius 1 is 0.929 bits per heavy atom. The Labute approximate surface area is 159 Å². The SMILES string of the molecule is C=C(C)C(=O)[C@@]1(OC2(CO)O[C@H](CO)[C@@H](O)[C@@H]2O)O[C@H](CO)[C@@H](O)[C@H](O)[C@H]1O. The van der Waals surface area contributed by atoms with Crippen LogP contribution in [0.3, 0.4) is 0 Å². The molecule has 0 aliphatic carbocycles. The van der Waals surface area contributed by atoms with Crippen molar-refractivity contribution in [3.8, 4) is 0 Å². The second kappa shape index (κ2) is 8.38. The minimum absolute atomic E-state index is 0.237. The zero-order valence-electron chi connectivity index (χ0n) is 15.1. The van der Waals surface area contributed by atoms with Gasteiger partial charge in [0.15, 0.2) is 0 Å². The van der Waals surface area contributed by atoms with Crippen LogP contribution in [0.15, 0.2) is 12.2 Å². The third kappa shape index (κ3) is 3.51. The topological polar surface area (TPSA) is 207 Å². The van der Waals surface area contributed by atoms with E-state index >= 15 is 0 Å². The molecule has 28 heavy (non-hydrogen) atoms. The molecule has 0 amide bonds. The lowest BCUT2D eigenvalue weighted by Gasteiger charge is -2.50.